The molecule has 0 spiro atoms. The summed E-state index contributed by atoms with van der Waals surface area (Å²) in [6, 6.07) is 0. The van der Waals surface area contributed by atoms with Gasteiger partial charge in [0, 0.05) is 31.0 Å². The summed E-state index contributed by atoms with van der Waals surface area (Å²) < 4.78 is 0. The quantitative estimate of drug-likeness (QED) is 0.702. The number of nitrogens with two attached hydrogens (primary N) is 1. The highest BCUT2D eigenvalue weighted by Gasteiger charge is 2.30. The van der Waals surface area contributed by atoms with Crippen molar-refractivity contribution in [1.82, 2.24) is 9.97 Å². The van der Waals surface area contributed by atoms with Crippen molar-refractivity contribution in [3.63, 3.8) is 0 Å². The van der Waals surface area contributed by atoms with Crippen molar-refractivity contribution in [3.05, 3.63) is 18.6 Å². The zero-order valence-electron chi connectivity index (χ0n) is 8.63. The van der Waals surface area contributed by atoms with E-state index in [4.69, 9.17) is 10.8 Å². The smallest absolute Gasteiger partial charge is 0.147 e. The van der Waals surface area contributed by atoms with Gasteiger partial charge in [0.2, 0.25) is 0 Å². The Morgan fingerprint density at radius 3 is 2.67 bits per heavy atom. The number of piperidine rings is 1. The lowest BCUT2D eigenvalue weighted by Gasteiger charge is -2.38. The highest BCUT2D eigenvalue weighted by molar-refractivity contribution is 5.36. The van der Waals surface area contributed by atoms with Crippen LogP contribution in [0, 0.1) is 0 Å². The van der Waals surface area contributed by atoms with Crippen LogP contribution in [0.4, 0.5) is 5.82 Å². The van der Waals surface area contributed by atoms with Crippen molar-refractivity contribution in [2.45, 2.75) is 18.4 Å². The number of anilines is 1. The van der Waals surface area contributed by atoms with Gasteiger partial charge in [-0.15, -0.1) is 0 Å². The van der Waals surface area contributed by atoms with Crippen LogP contribution in [0.25, 0.3) is 0 Å². The maximum Gasteiger partial charge on any atom is 0.147 e. The van der Waals surface area contributed by atoms with E-state index < -0.39 is 5.54 Å². The monoisotopic (exact) mass is 208 g/mol. The van der Waals surface area contributed by atoms with E-state index in [1.165, 1.54) is 0 Å². The standard InChI is InChI=1S/C10H16N4O/c11-10(8-15)1-5-14(6-2-10)9-7-12-3-4-13-9/h3-4,7,15H,1-2,5-6,8,11H2. The van der Waals surface area contributed by atoms with Gasteiger partial charge < -0.3 is 15.7 Å². The Hall–Kier alpha value is -1.20. The summed E-state index contributed by atoms with van der Waals surface area (Å²) in [6.07, 6.45) is 6.68. The second kappa shape index (κ2) is 4.12. The molecule has 5 nitrogen and oxygen atoms in total. The minimum Gasteiger partial charge on any atom is -0.394 e. The summed E-state index contributed by atoms with van der Waals surface area (Å²) in [4.78, 5) is 10.4. The van der Waals surface area contributed by atoms with Crippen LogP contribution in [0.5, 0.6) is 0 Å². The van der Waals surface area contributed by atoms with E-state index in [0.717, 1.165) is 31.7 Å². The van der Waals surface area contributed by atoms with Crippen LogP contribution in [0.15, 0.2) is 18.6 Å². The van der Waals surface area contributed by atoms with Gasteiger partial charge in [-0.3, -0.25) is 4.98 Å². The summed E-state index contributed by atoms with van der Waals surface area (Å²) >= 11 is 0. The van der Waals surface area contributed by atoms with E-state index in [1.807, 2.05) is 0 Å². The van der Waals surface area contributed by atoms with E-state index >= 15 is 0 Å². The molecule has 2 rings (SSSR count). The van der Waals surface area contributed by atoms with Gasteiger partial charge in [0.25, 0.3) is 0 Å². The topological polar surface area (TPSA) is 75.3 Å². The Labute approximate surface area is 88.9 Å². The van der Waals surface area contributed by atoms with Gasteiger partial charge in [0.05, 0.1) is 12.8 Å². The molecule has 1 aromatic rings. The third kappa shape index (κ3) is 2.24. The van der Waals surface area contributed by atoms with Crippen molar-refractivity contribution < 1.29 is 5.11 Å². The van der Waals surface area contributed by atoms with Crippen LogP contribution in [0.2, 0.25) is 0 Å². The molecule has 1 aromatic heterocycles. The second-order valence-corrected chi connectivity index (χ2v) is 4.07. The van der Waals surface area contributed by atoms with Crippen molar-refractivity contribution in [3.8, 4) is 0 Å². The summed E-state index contributed by atoms with van der Waals surface area (Å²) in [7, 11) is 0. The van der Waals surface area contributed by atoms with Crippen LogP contribution in [-0.4, -0.2) is 40.3 Å². The number of aliphatic hydroxyl groups excluding tert-OH is 1. The van der Waals surface area contributed by atoms with Crippen LogP contribution in [0.3, 0.4) is 0 Å². The Bertz CT molecular complexity index is 308. The summed E-state index contributed by atoms with van der Waals surface area (Å²) in [5.41, 5.74) is 5.58. The van der Waals surface area contributed by atoms with E-state index in [2.05, 4.69) is 14.9 Å². The van der Waals surface area contributed by atoms with Crippen molar-refractivity contribution >= 4 is 5.82 Å². The Morgan fingerprint density at radius 2 is 2.13 bits per heavy atom. The first-order valence-electron chi connectivity index (χ1n) is 5.14. The predicted molar refractivity (Wildman–Crippen MR) is 57.5 cm³/mol. The molecule has 0 aliphatic carbocycles. The average molecular weight is 208 g/mol. The molecule has 1 fully saturated rings. The molecule has 1 aliphatic heterocycles. The first kappa shape index (κ1) is 10.3. The Kier molecular flexibility index (Phi) is 2.83. The van der Waals surface area contributed by atoms with E-state index in [9.17, 15) is 0 Å². The van der Waals surface area contributed by atoms with Gasteiger partial charge in [0.1, 0.15) is 5.82 Å². The number of rotatable bonds is 2. The molecule has 82 valence electrons. The van der Waals surface area contributed by atoms with Crippen molar-refractivity contribution in [1.29, 1.82) is 0 Å². The maximum absolute atomic E-state index is 9.14. The van der Waals surface area contributed by atoms with Gasteiger partial charge in [0.15, 0.2) is 0 Å². The normalized spacial score (nSPS) is 20.3. The summed E-state index contributed by atoms with van der Waals surface area (Å²) in [5, 5.41) is 9.14. The maximum atomic E-state index is 9.14. The number of aliphatic hydroxyl groups is 1. The highest BCUT2D eigenvalue weighted by Crippen LogP contribution is 2.22. The minimum atomic E-state index is -0.404. The number of nitrogens with zero attached hydrogens (tertiary/aromatic N) is 3. The Morgan fingerprint density at radius 1 is 1.40 bits per heavy atom. The largest absolute Gasteiger partial charge is 0.394 e. The molecule has 5 heteroatoms. The fraction of sp³-hybridized carbons (Fsp3) is 0.600. The average Bonchev–Trinajstić information content (AvgIpc) is 2.31. The molecule has 15 heavy (non-hydrogen) atoms. The third-order valence-corrected chi connectivity index (χ3v) is 2.95. The van der Waals surface area contributed by atoms with Gasteiger partial charge in [-0.2, -0.15) is 0 Å². The first-order chi connectivity index (χ1) is 7.23. The van der Waals surface area contributed by atoms with Crippen LogP contribution < -0.4 is 10.6 Å². The lowest BCUT2D eigenvalue weighted by atomic mass is 9.90. The van der Waals surface area contributed by atoms with Crippen molar-refractivity contribution in [2.24, 2.45) is 5.73 Å². The third-order valence-electron chi connectivity index (χ3n) is 2.95. The molecule has 1 aliphatic rings. The predicted octanol–water partition coefficient (Wildman–Crippen LogP) is -0.233. The van der Waals surface area contributed by atoms with E-state index in [-0.39, 0.29) is 6.61 Å². The molecule has 0 saturated carbocycles. The molecular formula is C10H16N4O. The lowest BCUT2D eigenvalue weighted by Crippen LogP contribution is -2.53. The van der Waals surface area contributed by atoms with Gasteiger partial charge in [-0.25, -0.2) is 4.98 Å². The minimum absolute atomic E-state index is 0.0569. The zero-order chi connectivity index (χ0) is 10.7. The molecule has 0 bridgehead atoms. The first-order valence-corrected chi connectivity index (χ1v) is 5.14. The summed E-state index contributed by atoms with van der Waals surface area (Å²) in [5.74, 6) is 0.887. The van der Waals surface area contributed by atoms with Gasteiger partial charge >= 0.3 is 0 Å². The van der Waals surface area contributed by atoms with Gasteiger partial charge in [-0.05, 0) is 12.8 Å². The SMILES string of the molecule is NC1(CO)CCN(c2cnccn2)CC1. The van der Waals surface area contributed by atoms with E-state index in [1.54, 1.807) is 18.6 Å². The zero-order valence-corrected chi connectivity index (χ0v) is 8.63. The number of aromatic nitrogens is 2. The molecule has 1 saturated heterocycles. The van der Waals surface area contributed by atoms with Gasteiger partial charge in [-0.1, -0.05) is 0 Å². The number of hydrogen-bond donors (Lipinski definition) is 2. The molecule has 0 aromatic carbocycles. The molecule has 0 unspecified atom stereocenters. The lowest BCUT2D eigenvalue weighted by molar-refractivity contribution is 0.170. The molecule has 0 radical (unpaired) electrons. The van der Waals surface area contributed by atoms with Crippen molar-refractivity contribution in [2.75, 3.05) is 24.6 Å². The second-order valence-electron chi connectivity index (χ2n) is 4.07. The van der Waals surface area contributed by atoms with E-state index in [0.29, 0.717) is 0 Å². The van der Waals surface area contributed by atoms with Crippen LogP contribution in [0.1, 0.15) is 12.8 Å². The molecular weight excluding hydrogens is 192 g/mol. The highest BCUT2D eigenvalue weighted by atomic mass is 16.3. The molecule has 0 amide bonds. The fourth-order valence-corrected chi connectivity index (χ4v) is 1.79. The molecule has 0 atom stereocenters. The molecule has 3 N–H and O–H groups in total. The number of hydrogen-bond acceptors (Lipinski definition) is 5. The Balaban J connectivity index is 2.00. The van der Waals surface area contributed by atoms with Crippen LogP contribution in [-0.2, 0) is 0 Å². The molecule has 2 heterocycles. The summed E-state index contributed by atoms with van der Waals surface area (Å²) in [6.45, 7) is 1.72. The fourth-order valence-electron chi connectivity index (χ4n) is 1.79. The van der Waals surface area contributed by atoms with Crippen LogP contribution >= 0.6 is 0 Å².